The fourth-order valence-corrected chi connectivity index (χ4v) is 20.4. The van der Waals surface area contributed by atoms with E-state index in [0.29, 0.717) is 7.25 Å². The van der Waals surface area contributed by atoms with Crippen LogP contribution in [0, 0.1) is 55.4 Å². The van der Waals surface area contributed by atoms with Crippen LogP contribution in [0.25, 0.3) is 45.6 Å². The fourth-order valence-electron chi connectivity index (χ4n) is 9.61. The van der Waals surface area contributed by atoms with Gasteiger partial charge in [0.2, 0.25) is 0 Å². The SMILES string of the molecule is Cc1cc(C)cc(-c2c(C)ccc3c2C=C(c2ccc(C)o2)[CH]3[Zr+2](=[C]2CCC2)[CH]2C(c3ccc(C)o3)=Cc3c2ccc(C)c3-c2cc(C)cc(C)c2)c1.[Cl-].[Cl-]. The van der Waals surface area contributed by atoms with Crippen LogP contribution in [0.15, 0.2) is 93.8 Å². The van der Waals surface area contributed by atoms with Gasteiger partial charge in [0, 0.05) is 0 Å². The first-order valence-corrected chi connectivity index (χ1v) is 23.3. The summed E-state index contributed by atoms with van der Waals surface area (Å²) >= 11 is -2.78. The molecule has 4 aromatic carbocycles. The zero-order valence-electron chi connectivity index (χ0n) is 33.1. The molecular formula is C50H48Cl2O2Zr. The van der Waals surface area contributed by atoms with Gasteiger partial charge in [-0.3, -0.25) is 0 Å². The molecule has 5 heteroatoms. The molecule has 3 aliphatic rings. The summed E-state index contributed by atoms with van der Waals surface area (Å²) in [5, 5.41) is 0. The van der Waals surface area contributed by atoms with Gasteiger partial charge in [0.1, 0.15) is 0 Å². The second-order valence-electron chi connectivity index (χ2n) is 16.1. The number of allylic oxidation sites excluding steroid dienone is 2. The van der Waals surface area contributed by atoms with Crippen LogP contribution in [0.2, 0.25) is 0 Å². The third kappa shape index (κ3) is 6.90. The number of hydrogen-bond donors (Lipinski definition) is 0. The van der Waals surface area contributed by atoms with Gasteiger partial charge in [0.15, 0.2) is 0 Å². The molecule has 0 saturated heterocycles. The first kappa shape index (κ1) is 39.5. The fraction of sp³-hybridized carbons (Fsp3) is 0.260. The molecule has 2 nitrogen and oxygen atoms in total. The molecule has 2 atom stereocenters. The van der Waals surface area contributed by atoms with Crippen LogP contribution in [0.5, 0.6) is 0 Å². The van der Waals surface area contributed by atoms with E-state index >= 15 is 0 Å². The maximum atomic E-state index is 6.61. The monoisotopic (exact) mass is 840 g/mol. The zero-order valence-corrected chi connectivity index (χ0v) is 37.1. The average molecular weight is 843 g/mol. The van der Waals surface area contributed by atoms with Crippen molar-refractivity contribution in [3.05, 3.63) is 164 Å². The molecule has 2 heterocycles. The van der Waals surface area contributed by atoms with Crippen molar-refractivity contribution in [3.8, 4) is 22.3 Å². The van der Waals surface area contributed by atoms with E-state index in [4.69, 9.17) is 8.83 Å². The first-order chi connectivity index (χ1) is 25.5. The van der Waals surface area contributed by atoms with Crippen molar-refractivity contribution in [2.45, 2.75) is 81.9 Å². The largest absolute Gasteiger partial charge is 1.00 e. The van der Waals surface area contributed by atoms with Gasteiger partial charge in [-0.15, -0.1) is 0 Å². The predicted octanol–water partition coefficient (Wildman–Crippen LogP) is 7.55. The molecule has 2 aromatic heterocycles. The van der Waals surface area contributed by atoms with Crippen molar-refractivity contribution in [2.75, 3.05) is 0 Å². The average Bonchev–Trinajstić information content (AvgIpc) is 3.86. The zero-order chi connectivity index (χ0) is 36.7. The van der Waals surface area contributed by atoms with Gasteiger partial charge >= 0.3 is 324 Å². The standard InChI is InChI=1S/2C23H21O.C4H6.2ClH.Zr/c2*1-14-9-15(2)11-20(10-14)23-16(3)5-7-18-12-19(13-21(18)23)22-8-6-17(4)24-22;1-2-4-3-1;;;/h2*5-13H,1-4H3;1-3H2;2*1H;/q;;;;;+2/p-2. The van der Waals surface area contributed by atoms with Crippen molar-refractivity contribution in [2.24, 2.45) is 0 Å². The second-order valence-corrected chi connectivity index (χ2v) is 22.9. The van der Waals surface area contributed by atoms with Crippen LogP contribution >= 0.6 is 0 Å². The summed E-state index contributed by atoms with van der Waals surface area (Å²) < 4.78 is 15.7. The van der Waals surface area contributed by atoms with Crippen LogP contribution < -0.4 is 24.8 Å². The van der Waals surface area contributed by atoms with E-state index in [1.54, 1.807) is 0 Å². The minimum absolute atomic E-state index is 0. The number of halogens is 2. The maximum Gasteiger partial charge on any atom is -1.00 e. The van der Waals surface area contributed by atoms with E-state index in [1.165, 1.54) is 108 Å². The number of aryl methyl sites for hydroxylation is 8. The molecule has 0 bridgehead atoms. The van der Waals surface area contributed by atoms with Gasteiger partial charge < -0.3 is 24.8 Å². The van der Waals surface area contributed by atoms with E-state index in [9.17, 15) is 0 Å². The van der Waals surface area contributed by atoms with E-state index in [1.807, 2.05) is 3.21 Å². The maximum absolute atomic E-state index is 6.61. The van der Waals surface area contributed by atoms with E-state index < -0.39 is 21.3 Å². The molecule has 0 spiro atoms. The Morgan fingerprint density at radius 1 is 0.491 bits per heavy atom. The Hall–Kier alpha value is -3.75. The predicted molar refractivity (Wildman–Crippen MR) is 219 cm³/mol. The molecule has 0 amide bonds. The van der Waals surface area contributed by atoms with E-state index in [2.05, 4.69) is 152 Å². The molecule has 9 rings (SSSR count). The molecule has 1 saturated carbocycles. The first-order valence-electron chi connectivity index (χ1n) is 19.3. The van der Waals surface area contributed by atoms with Crippen molar-refractivity contribution in [1.82, 2.24) is 0 Å². The van der Waals surface area contributed by atoms with Gasteiger partial charge in [0.25, 0.3) is 0 Å². The van der Waals surface area contributed by atoms with Gasteiger partial charge in [-0.25, -0.2) is 0 Å². The van der Waals surface area contributed by atoms with Crippen molar-refractivity contribution < 1.29 is 54.9 Å². The van der Waals surface area contributed by atoms with Crippen LogP contribution in [0.4, 0.5) is 0 Å². The van der Waals surface area contributed by atoms with Crippen molar-refractivity contribution in [1.29, 1.82) is 0 Å². The van der Waals surface area contributed by atoms with Crippen molar-refractivity contribution in [3.63, 3.8) is 0 Å². The second kappa shape index (κ2) is 15.3. The summed E-state index contributed by atoms with van der Waals surface area (Å²) in [6, 6.07) is 32.6. The normalized spacial score (nSPS) is 16.6. The third-order valence-corrected chi connectivity index (χ3v) is 21.2. The Labute approximate surface area is 346 Å². The summed E-state index contributed by atoms with van der Waals surface area (Å²) in [5.41, 5.74) is 21.8. The van der Waals surface area contributed by atoms with Gasteiger partial charge in [-0.05, 0) is 0 Å². The molecule has 6 aromatic rings. The molecule has 55 heavy (non-hydrogen) atoms. The summed E-state index contributed by atoms with van der Waals surface area (Å²) in [7, 11) is 0. The summed E-state index contributed by atoms with van der Waals surface area (Å²) in [6.07, 6.45) is 8.84. The van der Waals surface area contributed by atoms with Crippen LogP contribution in [-0.2, 0) is 21.3 Å². The smallest absolute Gasteiger partial charge is 1.00 e. The Kier molecular flexibility index (Phi) is 11.0. The van der Waals surface area contributed by atoms with Crippen LogP contribution in [0.1, 0.15) is 105 Å². The molecule has 3 aliphatic carbocycles. The Morgan fingerprint density at radius 2 is 0.891 bits per heavy atom. The number of furan rings is 2. The number of benzene rings is 4. The van der Waals surface area contributed by atoms with Gasteiger partial charge in [0.05, 0.1) is 0 Å². The number of hydrogen-bond acceptors (Lipinski definition) is 2. The summed E-state index contributed by atoms with van der Waals surface area (Å²) in [6.45, 7) is 17.6. The number of fused-ring (bicyclic) bond motifs is 2. The summed E-state index contributed by atoms with van der Waals surface area (Å²) in [4.78, 5) is 0. The Bertz CT molecular complexity index is 2380. The molecule has 1 fully saturated rings. The van der Waals surface area contributed by atoms with Crippen molar-refractivity contribution >= 4 is 26.5 Å². The van der Waals surface area contributed by atoms with Gasteiger partial charge in [-0.2, -0.15) is 0 Å². The minimum atomic E-state index is -2.78. The molecule has 0 N–H and O–H groups in total. The Balaban J connectivity index is 0.00000233. The molecule has 278 valence electrons. The molecule has 0 aliphatic heterocycles. The Morgan fingerprint density at radius 3 is 1.22 bits per heavy atom. The van der Waals surface area contributed by atoms with Crippen LogP contribution in [0.3, 0.4) is 0 Å². The minimum Gasteiger partial charge on any atom is -1.00 e. The molecule has 2 unspecified atom stereocenters. The summed E-state index contributed by atoms with van der Waals surface area (Å²) in [5.74, 6) is 4.00. The quantitative estimate of drug-likeness (QED) is 0.173. The molecular weight excluding hydrogens is 795 g/mol. The van der Waals surface area contributed by atoms with E-state index in [-0.39, 0.29) is 24.8 Å². The number of rotatable bonds is 6. The third-order valence-electron chi connectivity index (χ3n) is 11.9. The van der Waals surface area contributed by atoms with Crippen LogP contribution in [-0.4, -0.2) is 3.21 Å². The molecule has 0 radical (unpaired) electrons. The van der Waals surface area contributed by atoms with Gasteiger partial charge in [-0.1, -0.05) is 0 Å². The topological polar surface area (TPSA) is 26.3 Å². The van der Waals surface area contributed by atoms with E-state index in [0.717, 1.165) is 23.0 Å².